The average molecular weight is 367 g/mol. The zero-order valence-electron chi connectivity index (χ0n) is 13.3. The van der Waals surface area contributed by atoms with E-state index in [1.165, 1.54) is 0 Å². The topological polar surface area (TPSA) is 75.1 Å². The first-order valence-electron chi connectivity index (χ1n) is 7.72. The smallest absolute Gasteiger partial charge is 0.262 e. The van der Waals surface area contributed by atoms with Crippen molar-refractivity contribution >= 4 is 46.4 Å². The summed E-state index contributed by atoms with van der Waals surface area (Å²) in [5, 5.41) is 16.6. The molecule has 24 heavy (non-hydrogen) atoms. The van der Waals surface area contributed by atoms with Gasteiger partial charge in [-0.1, -0.05) is 37.0 Å². The van der Waals surface area contributed by atoms with Crippen LogP contribution in [0.2, 0.25) is 10.3 Å². The normalized spacial score (nSPS) is 13.6. The predicted molar refractivity (Wildman–Crippen MR) is 93.3 cm³/mol. The molecule has 0 saturated heterocycles. The molecule has 3 rings (SSSR count). The van der Waals surface area contributed by atoms with Gasteiger partial charge < -0.3 is 9.80 Å². The molecule has 7 nitrogen and oxygen atoms in total. The number of hydrogen-bond acceptors (Lipinski definition) is 6. The van der Waals surface area contributed by atoms with Gasteiger partial charge >= 0.3 is 0 Å². The molecule has 3 heterocycles. The molecule has 9 heteroatoms. The van der Waals surface area contributed by atoms with Crippen molar-refractivity contribution in [2.45, 2.75) is 26.7 Å². The second-order valence-electron chi connectivity index (χ2n) is 5.39. The maximum Gasteiger partial charge on any atom is 0.262 e. The van der Waals surface area contributed by atoms with E-state index >= 15 is 0 Å². The van der Waals surface area contributed by atoms with Crippen molar-refractivity contribution in [3.8, 4) is 0 Å². The molecule has 0 aromatic carbocycles. The summed E-state index contributed by atoms with van der Waals surface area (Å²) in [5.41, 5.74) is 1.01. The van der Waals surface area contributed by atoms with Crippen LogP contribution in [0.25, 0.3) is 0 Å². The predicted octanol–water partition coefficient (Wildman–Crippen LogP) is 3.49. The summed E-state index contributed by atoms with van der Waals surface area (Å²) in [6.07, 6.45) is 1.61. The summed E-state index contributed by atoms with van der Waals surface area (Å²) in [7, 11) is 0. The molecule has 0 fully saturated rings. The van der Waals surface area contributed by atoms with E-state index in [4.69, 9.17) is 23.2 Å². The third-order valence-corrected chi connectivity index (χ3v) is 4.01. The molecule has 0 unspecified atom stereocenters. The zero-order valence-corrected chi connectivity index (χ0v) is 14.8. The highest BCUT2D eigenvalue weighted by Gasteiger charge is 2.33. The summed E-state index contributed by atoms with van der Waals surface area (Å²) in [6.45, 7) is 5.16. The Morgan fingerprint density at radius 1 is 0.875 bits per heavy atom. The van der Waals surface area contributed by atoms with Gasteiger partial charge in [-0.25, -0.2) is 0 Å². The molecular weight excluding hydrogens is 351 g/mol. The van der Waals surface area contributed by atoms with Crippen LogP contribution in [0, 0.1) is 0 Å². The standard InChI is InChI=1S/C15H16Cl2N6O/c1-3-5-22-10-8-12(17)19-21-14(10)23(6-4-2)13-9(15(22)24)7-11(16)18-20-13/h7-8H,3-6H2,1-2H3. The van der Waals surface area contributed by atoms with E-state index in [1.54, 1.807) is 17.0 Å². The van der Waals surface area contributed by atoms with Gasteiger partial charge in [0.25, 0.3) is 5.91 Å². The number of nitrogens with zero attached hydrogens (tertiary/aromatic N) is 6. The SMILES string of the molecule is CCCN1C(=O)c2cc(Cl)nnc2N(CCC)c2nnc(Cl)cc21. The molecule has 126 valence electrons. The molecule has 0 bridgehead atoms. The summed E-state index contributed by atoms with van der Waals surface area (Å²) >= 11 is 12.0. The summed E-state index contributed by atoms with van der Waals surface area (Å²) in [6, 6.07) is 3.19. The number of hydrogen-bond donors (Lipinski definition) is 0. The highest BCUT2D eigenvalue weighted by atomic mass is 35.5. The van der Waals surface area contributed by atoms with Gasteiger partial charge in [0.1, 0.15) is 0 Å². The molecule has 0 spiro atoms. The van der Waals surface area contributed by atoms with Crippen molar-refractivity contribution in [3.05, 3.63) is 28.0 Å². The van der Waals surface area contributed by atoms with Crippen LogP contribution in [0.3, 0.4) is 0 Å². The lowest BCUT2D eigenvalue weighted by Gasteiger charge is -2.24. The first-order valence-corrected chi connectivity index (χ1v) is 8.48. The van der Waals surface area contributed by atoms with E-state index in [0.717, 1.165) is 12.8 Å². The van der Waals surface area contributed by atoms with E-state index < -0.39 is 0 Å². The number of fused-ring (bicyclic) bond motifs is 2. The lowest BCUT2D eigenvalue weighted by Crippen LogP contribution is -2.31. The molecule has 1 aliphatic rings. The number of carbonyl (C=O) groups excluding carboxylic acids is 1. The van der Waals surface area contributed by atoms with Crippen molar-refractivity contribution in [1.29, 1.82) is 0 Å². The summed E-state index contributed by atoms with van der Waals surface area (Å²) in [4.78, 5) is 16.6. The van der Waals surface area contributed by atoms with Gasteiger partial charge in [0.15, 0.2) is 21.9 Å². The van der Waals surface area contributed by atoms with Gasteiger partial charge in [0.05, 0.1) is 11.3 Å². The first-order chi connectivity index (χ1) is 11.6. The zero-order chi connectivity index (χ0) is 17.3. The second kappa shape index (κ2) is 6.86. The Bertz CT molecular complexity index is 785. The Morgan fingerprint density at radius 2 is 1.46 bits per heavy atom. The van der Waals surface area contributed by atoms with E-state index in [9.17, 15) is 4.79 Å². The van der Waals surface area contributed by atoms with Crippen LogP contribution >= 0.6 is 23.2 Å². The Balaban J connectivity index is 2.28. The lowest BCUT2D eigenvalue weighted by molar-refractivity contribution is 0.0988. The summed E-state index contributed by atoms with van der Waals surface area (Å²) < 4.78 is 0. The van der Waals surface area contributed by atoms with Crippen molar-refractivity contribution in [3.63, 3.8) is 0 Å². The lowest BCUT2D eigenvalue weighted by atomic mass is 10.2. The van der Waals surface area contributed by atoms with Crippen molar-refractivity contribution < 1.29 is 4.79 Å². The largest absolute Gasteiger partial charge is 0.306 e. The number of aromatic nitrogens is 4. The maximum atomic E-state index is 13.1. The number of carbonyl (C=O) groups is 1. The van der Waals surface area contributed by atoms with E-state index in [1.807, 2.05) is 18.7 Å². The molecule has 1 aliphatic heterocycles. The Morgan fingerprint density at radius 3 is 2.12 bits per heavy atom. The highest BCUT2D eigenvalue weighted by molar-refractivity contribution is 6.30. The monoisotopic (exact) mass is 366 g/mol. The molecule has 1 amide bonds. The quantitative estimate of drug-likeness (QED) is 0.824. The van der Waals surface area contributed by atoms with Crippen LogP contribution < -0.4 is 9.80 Å². The van der Waals surface area contributed by atoms with Gasteiger partial charge in [0, 0.05) is 19.2 Å². The molecule has 0 N–H and O–H groups in total. The van der Waals surface area contributed by atoms with Gasteiger partial charge in [-0.3, -0.25) is 4.79 Å². The number of anilines is 3. The van der Waals surface area contributed by atoms with Crippen LogP contribution in [-0.2, 0) is 0 Å². The Labute approximate surface area is 149 Å². The minimum Gasteiger partial charge on any atom is -0.306 e. The van der Waals surface area contributed by atoms with Crippen LogP contribution in [-0.4, -0.2) is 39.4 Å². The number of amides is 1. The van der Waals surface area contributed by atoms with E-state index in [2.05, 4.69) is 20.4 Å². The molecule has 0 saturated carbocycles. The van der Waals surface area contributed by atoms with Crippen molar-refractivity contribution in [2.24, 2.45) is 0 Å². The molecule has 0 atom stereocenters. The van der Waals surface area contributed by atoms with Crippen LogP contribution in [0.1, 0.15) is 37.0 Å². The number of halogens is 2. The van der Waals surface area contributed by atoms with Crippen molar-refractivity contribution in [1.82, 2.24) is 20.4 Å². The number of rotatable bonds is 4. The molecule has 0 aliphatic carbocycles. The second-order valence-corrected chi connectivity index (χ2v) is 6.16. The van der Waals surface area contributed by atoms with Crippen LogP contribution in [0.5, 0.6) is 0 Å². The molecule has 2 aromatic rings. The first kappa shape index (κ1) is 16.9. The molecule has 0 radical (unpaired) electrons. The molecule has 2 aromatic heterocycles. The maximum absolute atomic E-state index is 13.1. The minimum atomic E-state index is -0.201. The van der Waals surface area contributed by atoms with E-state index in [-0.39, 0.29) is 16.2 Å². The third kappa shape index (κ3) is 2.89. The van der Waals surface area contributed by atoms with Gasteiger partial charge in [0.2, 0.25) is 0 Å². The van der Waals surface area contributed by atoms with Crippen molar-refractivity contribution in [2.75, 3.05) is 22.9 Å². The Hall–Kier alpha value is -1.99. The van der Waals surface area contributed by atoms with Gasteiger partial charge in [-0.2, -0.15) is 0 Å². The van der Waals surface area contributed by atoms with Crippen LogP contribution in [0.4, 0.5) is 17.3 Å². The fraction of sp³-hybridized carbons (Fsp3) is 0.400. The fourth-order valence-corrected chi connectivity index (χ4v) is 2.99. The van der Waals surface area contributed by atoms with Gasteiger partial charge in [-0.15, -0.1) is 20.4 Å². The summed E-state index contributed by atoms with van der Waals surface area (Å²) in [5.74, 6) is 0.772. The molecular formula is C15H16Cl2N6O. The third-order valence-electron chi connectivity index (χ3n) is 3.64. The Kier molecular flexibility index (Phi) is 4.82. The van der Waals surface area contributed by atoms with Crippen LogP contribution in [0.15, 0.2) is 12.1 Å². The highest BCUT2D eigenvalue weighted by Crippen LogP contribution is 2.39. The average Bonchev–Trinajstić information content (AvgIpc) is 2.65. The minimum absolute atomic E-state index is 0.171. The van der Waals surface area contributed by atoms with E-state index in [0.29, 0.717) is 36.0 Å². The fourth-order valence-electron chi connectivity index (χ4n) is 2.70. The van der Waals surface area contributed by atoms with Gasteiger partial charge in [-0.05, 0) is 18.9 Å².